The molecule has 3 rings (SSSR count). The summed E-state index contributed by atoms with van der Waals surface area (Å²) >= 11 is 2.07. The summed E-state index contributed by atoms with van der Waals surface area (Å²) < 4.78 is 11.1. The van der Waals surface area contributed by atoms with Gasteiger partial charge in [0.25, 0.3) is 0 Å². The first kappa shape index (κ1) is 21.1. The van der Waals surface area contributed by atoms with Crippen LogP contribution in [0.2, 0.25) is 0 Å². The zero-order valence-electron chi connectivity index (χ0n) is 17.4. The smallest absolute Gasteiger partial charge is 0.195 e. The quantitative estimate of drug-likeness (QED) is 0.534. The number of hydrogen-bond donors (Lipinski definition) is 2. The SMILES string of the molecule is CCOc1cc(NC(=NC)NCC2(N3CCSCC3)CCCC2)ccc1OC. The van der Waals surface area contributed by atoms with Crippen LogP contribution in [0.4, 0.5) is 5.69 Å². The standard InChI is InChI=1S/C21H34N4O2S/c1-4-27-19-15-17(7-8-18(19)26-3)24-20(22-2)23-16-21(9-5-6-10-21)25-11-13-28-14-12-25/h7-8,15H,4-6,9-14,16H2,1-3H3,(H2,22,23,24). The van der Waals surface area contributed by atoms with Crippen LogP contribution in [0.1, 0.15) is 32.6 Å². The summed E-state index contributed by atoms with van der Waals surface area (Å²) in [6, 6.07) is 5.87. The maximum absolute atomic E-state index is 5.69. The number of rotatable bonds is 7. The van der Waals surface area contributed by atoms with E-state index in [9.17, 15) is 0 Å². The lowest BCUT2D eigenvalue weighted by atomic mass is 9.94. The van der Waals surface area contributed by atoms with Crippen LogP contribution in [0.5, 0.6) is 11.5 Å². The highest BCUT2D eigenvalue weighted by atomic mass is 32.2. The highest BCUT2D eigenvalue weighted by Crippen LogP contribution is 2.36. The third kappa shape index (κ3) is 5.06. The van der Waals surface area contributed by atoms with Crippen molar-refractivity contribution >= 4 is 23.4 Å². The molecule has 1 heterocycles. The zero-order chi connectivity index (χ0) is 19.8. The zero-order valence-corrected chi connectivity index (χ0v) is 18.2. The van der Waals surface area contributed by atoms with Crippen LogP contribution in [0.15, 0.2) is 23.2 Å². The molecule has 7 heteroatoms. The molecule has 2 N–H and O–H groups in total. The molecule has 1 saturated carbocycles. The Morgan fingerprint density at radius 1 is 1.21 bits per heavy atom. The summed E-state index contributed by atoms with van der Waals surface area (Å²) in [6.45, 7) is 5.92. The van der Waals surface area contributed by atoms with Gasteiger partial charge < -0.3 is 20.1 Å². The van der Waals surface area contributed by atoms with Gasteiger partial charge in [-0.1, -0.05) is 12.8 Å². The Bertz CT molecular complexity index is 656. The molecule has 0 amide bonds. The Labute approximate surface area is 173 Å². The van der Waals surface area contributed by atoms with Crippen LogP contribution < -0.4 is 20.1 Å². The van der Waals surface area contributed by atoms with Crippen molar-refractivity contribution in [2.24, 2.45) is 4.99 Å². The van der Waals surface area contributed by atoms with Crippen molar-refractivity contribution in [1.82, 2.24) is 10.2 Å². The van der Waals surface area contributed by atoms with Gasteiger partial charge in [-0.2, -0.15) is 11.8 Å². The Morgan fingerprint density at radius 3 is 2.61 bits per heavy atom. The van der Waals surface area contributed by atoms with E-state index in [1.165, 1.54) is 50.3 Å². The van der Waals surface area contributed by atoms with Gasteiger partial charge in [0.1, 0.15) is 0 Å². The van der Waals surface area contributed by atoms with E-state index in [0.29, 0.717) is 6.61 Å². The van der Waals surface area contributed by atoms with Gasteiger partial charge in [0.05, 0.1) is 13.7 Å². The molecular formula is C21H34N4O2S. The first-order valence-corrected chi connectivity index (χ1v) is 11.5. The van der Waals surface area contributed by atoms with E-state index in [0.717, 1.165) is 29.7 Å². The average Bonchev–Trinajstić information content (AvgIpc) is 3.22. The number of thioether (sulfide) groups is 1. The van der Waals surface area contributed by atoms with E-state index in [1.807, 2.05) is 32.2 Å². The second-order valence-electron chi connectivity index (χ2n) is 7.38. The molecule has 2 aliphatic rings. The first-order chi connectivity index (χ1) is 13.7. The Morgan fingerprint density at radius 2 is 1.96 bits per heavy atom. The van der Waals surface area contributed by atoms with Gasteiger partial charge in [0.15, 0.2) is 17.5 Å². The summed E-state index contributed by atoms with van der Waals surface area (Å²) in [5.41, 5.74) is 1.21. The lowest BCUT2D eigenvalue weighted by Gasteiger charge is -2.43. The largest absolute Gasteiger partial charge is 0.493 e. The van der Waals surface area contributed by atoms with Crippen molar-refractivity contribution in [3.05, 3.63) is 18.2 Å². The van der Waals surface area contributed by atoms with Crippen molar-refractivity contribution in [3.63, 3.8) is 0 Å². The fourth-order valence-electron chi connectivity index (χ4n) is 4.26. The second kappa shape index (κ2) is 10.3. The van der Waals surface area contributed by atoms with Crippen LogP contribution in [0, 0.1) is 0 Å². The van der Waals surface area contributed by atoms with Crippen LogP contribution in [-0.2, 0) is 0 Å². The van der Waals surface area contributed by atoms with Crippen molar-refractivity contribution in [1.29, 1.82) is 0 Å². The van der Waals surface area contributed by atoms with Crippen molar-refractivity contribution in [3.8, 4) is 11.5 Å². The Kier molecular flexibility index (Phi) is 7.73. The predicted molar refractivity (Wildman–Crippen MR) is 119 cm³/mol. The van der Waals surface area contributed by atoms with E-state index in [-0.39, 0.29) is 5.54 Å². The van der Waals surface area contributed by atoms with Gasteiger partial charge in [-0.25, -0.2) is 0 Å². The number of nitrogens with zero attached hydrogens (tertiary/aromatic N) is 2. The number of methoxy groups -OCH3 is 1. The number of anilines is 1. The van der Waals surface area contributed by atoms with E-state index >= 15 is 0 Å². The van der Waals surface area contributed by atoms with Gasteiger partial charge in [0, 0.05) is 55.5 Å². The third-order valence-corrected chi connectivity index (χ3v) is 6.69. The number of guanidine groups is 1. The molecule has 6 nitrogen and oxygen atoms in total. The number of benzene rings is 1. The minimum absolute atomic E-state index is 0.273. The third-order valence-electron chi connectivity index (χ3n) is 5.75. The van der Waals surface area contributed by atoms with Gasteiger partial charge in [-0.3, -0.25) is 9.89 Å². The minimum Gasteiger partial charge on any atom is -0.493 e. The Hall–Kier alpha value is -1.60. The first-order valence-electron chi connectivity index (χ1n) is 10.3. The summed E-state index contributed by atoms with van der Waals surface area (Å²) in [7, 11) is 3.48. The number of nitrogens with one attached hydrogen (secondary N) is 2. The predicted octanol–water partition coefficient (Wildman–Crippen LogP) is 3.44. The van der Waals surface area contributed by atoms with E-state index in [4.69, 9.17) is 9.47 Å². The molecule has 0 unspecified atom stereocenters. The molecular weight excluding hydrogens is 372 g/mol. The lowest BCUT2D eigenvalue weighted by Crippen LogP contribution is -2.57. The molecule has 0 atom stereocenters. The van der Waals surface area contributed by atoms with Crippen LogP contribution >= 0.6 is 11.8 Å². The number of aliphatic imine (C=N–C) groups is 1. The summed E-state index contributed by atoms with van der Waals surface area (Å²) in [5.74, 6) is 4.78. The van der Waals surface area contributed by atoms with Crippen LogP contribution in [-0.4, -0.2) is 68.3 Å². The molecule has 1 aromatic rings. The molecule has 2 fully saturated rings. The topological polar surface area (TPSA) is 58.1 Å². The normalized spacial score (nSPS) is 20.0. The molecule has 0 bridgehead atoms. The van der Waals surface area contributed by atoms with Gasteiger partial charge >= 0.3 is 0 Å². The molecule has 1 aliphatic carbocycles. The number of hydrogen-bond acceptors (Lipinski definition) is 5. The molecule has 0 aromatic heterocycles. The van der Waals surface area contributed by atoms with Crippen LogP contribution in [0.25, 0.3) is 0 Å². The summed E-state index contributed by atoms with van der Waals surface area (Å²) in [4.78, 5) is 7.16. The average molecular weight is 407 g/mol. The Balaban J connectivity index is 1.64. The van der Waals surface area contributed by atoms with Crippen LogP contribution in [0.3, 0.4) is 0 Å². The maximum atomic E-state index is 5.69. The fraction of sp³-hybridized carbons (Fsp3) is 0.667. The molecule has 28 heavy (non-hydrogen) atoms. The van der Waals surface area contributed by atoms with Gasteiger partial charge in [0.2, 0.25) is 0 Å². The minimum atomic E-state index is 0.273. The lowest BCUT2D eigenvalue weighted by molar-refractivity contribution is 0.107. The van der Waals surface area contributed by atoms with Gasteiger partial charge in [-0.05, 0) is 31.9 Å². The molecule has 0 spiro atoms. The maximum Gasteiger partial charge on any atom is 0.195 e. The van der Waals surface area contributed by atoms with Gasteiger partial charge in [-0.15, -0.1) is 0 Å². The molecule has 0 radical (unpaired) electrons. The molecule has 1 saturated heterocycles. The summed E-state index contributed by atoms with van der Waals surface area (Å²) in [5, 5.41) is 7.00. The van der Waals surface area contributed by atoms with E-state index < -0.39 is 0 Å². The highest BCUT2D eigenvalue weighted by Gasteiger charge is 2.39. The van der Waals surface area contributed by atoms with Crippen molar-refractivity contribution in [2.45, 2.75) is 38.1 Å². The van der Waals surface area contributed by atoms with E-state index in [1.54, 1.807) is 7.11 Å². The van der Waals surface area contributed by atoms with Crippen molar-refractivity contribution < 1.29 is 9.47 Å². The molecule has 1 aromatic carbocycles. The van der Waals surface area contributed by atoms with Crippen molar-refractivity contribution in [2.75, 3.05) is 57.2 Å². The van der Waals surface area contributed by atoms with E-state index in [2.05, 4.69) is 32.3 Å². The fourth-order valence-corrected chi connectivity index (χ4v) is 5.17. The molecule has 1 aliphatic heterocycles. The second-order valence-corrected chi connectivity index (χ2v) is 8.61. The summed E-state index contributed by atoms with van der Waals surface area (Å²) in [6.07, 6.45) is 5.21. The highest BCUT2D eigenvalue weighted by molar-refractivity contribution is 7.99. The monoisotopic (exact) mass is 406 g/mol. The number of ether oxygens (including phenoxy) is 2. The molecule has 156 valence electrons.